The Morgan fingerprint density at radius 1 is 1.29 bits per heavy atom. The van der Waals surface area contributed by atoms with E-state index in [4.69, 9.17) is 5.11 Å². The lowest BCUT2D eigenvalue weighted by Crippen LogP contribution is -2.51. The number of halogens is 1. The van der Waals surface area contributed by atoms with E-state index < -0.39 is 17.6 Å². The van der Waals surface area contributed by atoms with Crippen molar-refractivity contribution in [1.29, 1.82) is 0 Å². The Bertz CT molecular complexity index is 460. The Morgan fingerprint density at radius 2 is 1.94 bits per heavy atom. The zero-order chi connectivity index (χ0) is 12.4. The number of carbonyl (C=O) groups is 2. The SMILES string of the molecule is O=C1CN(c2ccc(CO)cc2F)CC(=O)N1. The van der Waals surface area contributed by atoms with Gasteiger partial charge in [-0.05, 0) is 17.7 Å². The van der Waals surface area contributed by atoms with Gasteiger partial charge >= 0.3 is 0 Å². The van der Waals surface area contributed by atoms with Gasteiger partial charge in [-0.2, -0.15) is 0 Å². The van der Waals surface area contributed by atoms with E-state index in [1.165, 1.54) is 17.0 Å². The molecule has 2 rings (SSSR count). The van der Waals surface area contributed by atoms with Crippen molar-refractivity contribution in [3.8, 4) is 0 Å². The zero-order valence-corrected chi connectivity index (χ0v) is 8.94. The third-order valence-electron chi connectivity index (χ3n) is 2.48. The molecule has 1 aliphatic heterocycles. The molecule has 0 radical (unpaired) electrons. The summed E-state index contributed by atoms with van der Waals surface area (Å²) < 4.78 is 13.7. The maximum Gasteiger partial charge on any atom is 0.246 e. The summed E-state index contributed by atoms with van der Waals surface area (Å²) in [5, 5.41) is 11.0. The van der Waals surface area contributed by atoms with Gasteiger partial charge in [0.15, 0.2) is 0 Å². The largest absolute Gasteiger partial charge is 0.392 e. The summed E-state index contributed by atoms with van der Waals surface area (Å²) in [5.74, 6) is -1.46. The van der Waals surface area contributed by atoms with E-state index in [1.807, 2.05) is 0 Å². The van der Waals surface area contributed by atoms with Crippen molar-refractivity contribution in [3.05, 3.63) is 29.6 Å². The van der Waals surface area contributed by atoms with Gasteiger partial charge in [-0.3, -0.25) is 14.9 Å². The molecule has 2 amide bonds. The van der Waals surface area contributed by atoms with Crippen molar-refractivity contribution in [2.75, 3.05) is 18.0 Å². The number of aliphatic hydroxyl groups is 1. The maximum absolute atomic E-state index is 13.7. The number of amides is 2. The fourth-order valence-electron chi connectivity index (χ4n) is 1.71. The molecule has 0 aromatic heterocycles. The molecule has 17 heavy (non-hydrogen) atoms. The van der Waals surface area contributed by atoms with Gasteiger partial charge in [-0.15, -0.1) is 0 Å². The molecule has 1 heterocycles. The molecule has 0 saturated carbocycles. The van der Waals surface area contributed by atoms with Crippen LogP contribution in [-0.2, 0) is 16.2 Å². The van der Waals surface area contributed by atoms with Crippen LogP contribution in [0.25, 0.3) is 0 Å². The average Bonchev–Trinajstić information content (AvgIpc) is 2.27. The van der Waals surface area contributed by atoms with Crippen molar-refractivity contribution in [1.82, 2.24) is 5.32 Å². The summed E-state index contributed by atoms with van der Waals surface area (Å²) >= 11 is 0. The van der Waals surface area contributed by atoms with Crippen LogP contribution in [0, 0.1) is 5.82 Å². The standard InChI is InChI=1S/C11H11FN2O3/c12-8-3-7(6-15)1-2-9(8)14-4-10(16)13-11(17)5-14/h1-3,15H,4-6H2,(H,13,16,17). The van der Waals surface area contributed by atoms with Gasteiger partial charge < -0.3 is 10.0 Å². The smallest absolute Gasteiger partial charge is 0.246 e. The number of hydrogen-bond donors (Lipinski definition) is 2. The first-order valence-electron chi connectivity index (χ1n) is 5.07. The first-order chi connectivity index (χ1) is 8.10. The second-order valence-electron chi connectivity index (χ2n) is 3.77. The number of piperazine rings is 1. The molecule has 1 fully saturated rings. The van der Waals surface area contributed by atoms with Crippen LogP contribution in [0.5, 0.6) is 0 Å². The van der Waals surface area contributed by atoms with Gasteiger partial charge in [0.2, 0.25) is 11.8 Å². The number of carbonyl (C=O) groups excluding carboxylic acids is 2. The number of rotatable bonds is 2. The number of nitrogens with one attached hydrogen (secondary N) is 1. The van der Waals surface area contributed by atoms with Crippen molar-refractivity contribution in [2.24, 2.45) is 0 Å². The molecule has 90 valence electrons. The molecule has 0 aliphatic carbocycles. The van der Waals surface area contributed by atoms with Crippen LogP contribution in [0.4, 0.5) is 10.1 Å². The third kappa shape index (κ3) is 2.42. The predicted molar refractivity (Wildman–Crippen MR) is 57.7 cm³/mol. The van der Waals surface area contributed by atoms with E-state index >= 15 is 0 Å². The lowest BCUT2D eigenvalue weighted by atomic mass is 10.2. The molecule has 1 saturated heterocycles. The molecule has 1 aromatic carbocycles. The summed E-state index contributed by atoms with van der Waals surface area (Å²) in [4.78, 5) is 23.7. The lowest BCUT2D eigenvalue weighted by Gasteiger charge is -2.27. The highest BCUT2D eigenvalue weighted by Crippen LogP contribution is 2.21. The fraction of sp³-hybridized carbons (Fsp3) is 0.273. The van der Waals surface area contributed by atoms with E-state index in [0.717, 1.165) is 0 Å². The first kappa shape index (κ1) is 11.5. The monoisotopic (exact) mass is 238 g/mol. The fourth-order valence-corrected chi connectivity index (χ4v) is 1.71. The van der Waals surface area contributed by atoms with E-state index in [2.05, 4.69) is 5.32 Å². The Balaban J connectivity index is 2.27. The quantitative estimate of drug-likeness (QED) is 0.699. The summed E-state index contributed by atoms with van der Waals surface area (Å²) in [5.41, 5.74) is 0.629. The number of aliphatic hydroxyl groups excluding tert-OH is 1. The van der Waals surface area contributed by atoms with Crippen LogP contribution in [0.15, 0.2) is 18.2 Å². The molecule has 2 N–H and O–H groups in total. The van der Waals surface area contributed by atoms with E-state index in [-0.39, 0.29) is 25.4 Å². The number of nitrogens with zero attached hydrogens (tertiary/aromatic N) is 1. The van der Waals surface area contributed by atoms with Crippen molar-refractivity contribution >= 4 is 17.5 Å². The topological polar surface area (TPSA) is 69.6 Å². The molecule has 0 atom stereocenters. The maximum atomic E-state index is 13.7. The lowest BCUT2D eigenvalue weighted by molar-refractivity contribution is -0.130. The second-order valence-corrected chi connectivity index (χ2v) is 3.77. The first-order valence-corrected chi connectivity index (χ1v) is 5.07. The second kappa shape index (κ2) is 4.50. The number of hydrogen-bond acceptors (Lipinski definition) is 4. The minimum Gasteiger partial charge on any atom is -0.392 e. The molecular formula is C11H11FN2O3. The van der Waals surface area contributed by atoms with E-state index in [0.29, 0.717) is 5.56 Å². The molecule has 0 bridgehead atoms. The van der Waals surface area contributed by atoms with Crippen LogP contribution in [0.2, 0.25) is 0 Å². The third-order valence-corrected chi connectivity index (χ3v) is 2.48. The summed E-state index contributed by atoms with van der Waals surface area (Å²) in [6.45, 7) is -0.362. The average molecular weight is 238 g/mol. The number of anilines is 1. The van der Waals surface area contributed by atoms with Crippen LogP contribution >= 0.6 is 0 Å². The van der Waals surface area contributed by atoms with Crippen LogP contribution < -0.4 is 10.2 Å². The Labute approximate surface area is 96.8 Å². The molecule has 1 aliphatic rings. The highest BCUT2D eigenvalue weighted by Gasteiger charge is 2.24. The van der Waals surface area contributed by atoms with Crippen molar-refractivity contribution < 1.29 is 19.1 Å². The molecular weight excluding hydrogens is 227 g/mol. The summed E-state index contributed by atoms with van der Waals surface area (Å²) in [6, 6.07) is 4.19. The molecule has 1 aromatic rings. The van der Waals surface area contributed by atoms with Gasteiger partial charge in [0.25, 0.3) is 0 Å². The zero-order valence-electron chi connectivity index (χ0n) is 8.94. The molecule has 0 unspecified atom stereocenters. The summed E-state index contributed by atoms with van der Waals surface area (Å²) in [6.07, 6.45) is 0. The normalized spacial score (nSPS) is 16.0. The Morgan fingerprint density at radius 3 is 2.47 bits per heavy atom. The van der Waals surface area contributed by atoms with E-state index in [9.17, 15) is 14.0 Å². The molecule has 6 heteroatoms. The minimum atomic E-state index is -0.556. The van der Waals surface area contributed by atoms with Gasteiger partial charge in [0.1, 0.15) is 5.82 Å². The Kier molecular flexibility index (Phi) is 3.06. The van der Waals surface area contributed by atoms with Crippen LogP contribution in [0.1, 0.15) is 5.56 Å². The molecule has 5 nitrogen and oxygen atoms in total. The van der Waals surface area contributed by atoms with Crippen LogP contribution in [-0.4, -0.2) is 30.0 Å². The van der Waals surface area contributed by atoms with Gasteiger partial charge in [0, 0.05) is 0 Å². The highest BCUT2D eigenvalue weighted by molar-refractivity contribution is 6.02. The number of imide groups is 1. The predicted octanol–water partition coefficient (Wildman–Crippen LogP) is -0.219. The van der Waals surface area contributed by atoms with Crippen LogP contribution in [0.3, 0.4) is 0 Å². The summed E-state index contributed by atoms with van der Waals surface area (Å²) in [7, 11) is 0. The highest BCUT2D eigenvalue weighted by atomic mass is 19.1. The number of benzene rings is 1. The van der Waals surface area contributed by atoms with Gasteiger partial charge in [0.05, 0.1) is 25.4 Å². The van der Waals surface area contributed by atoms with Gasteiger partial charge in [-0.1, -0.05) is 6.07 Å². The van der Waals surface area contributed by atoms with Crippen molar-refractivity contribution in [2.45, 2.75) is 6.61 Å². The van der Waals surface area contributed by atoms with Gasteiger partial charge in [-0.25, -0.2) is 4.39 Å². The Hall–Kier alpha value is -1.95. The molecule has 0 spiro atoms. The minimum absolute atomic E-state index is 0.0544. The van der Waals surface area contributed by atoms with E-state index in [1.54, 1.807) is 6.07 Å². The van der Waals surface area contributed by atoms with Crippen molar-refractivity contribution in [3.63, 3.8) is 0 Å².